The van der Waals surface area contributed by atoms with Gasteiger partial charge in [0.15, 0.2) is 0 Å². The summed E-state index contributed by atoms with van der Waals surface area (Å²) in [6.45, 7) is 6.45. The van der Waals surface area contributed by atoms with Gasteiger partial charge < -0.3 is 20.3 Å². The SMILES string of the molecule is CCCCCC/C=C\CCCCCCCC(CC(=O)NC(CO)C(O)CCCCCCCCCCCC)OC(=O)CCCCCCCCCCCCC. The summed E-state index contributed by atoms with van der Waals surface area (Å²) in [6.07, 6.45) is 44.1. The Morgan fingerprint density at radius 1 is 0.528 bits per heavy atom. The Morgan fingerprint density at radius 2 is 0.906 bits per heavy atom. The van der Waals surface area contributed by atoms with E-state index in [2.05, 4.69) is 38.2 Å². The first-order chi connectivity index (χ1) is 26.0. The number of esters is 1. The van der Waals surface area contributed by atoms with Crippen molar-refractivity contribution in [3.05, 3.63) is 12.2 Å². The fraction of sp³-hybridized carbons (Fsp3) is 0.915. The Labute approximate surface area is 329 Å². The molecule has 0 aliphatic rings. The molecule has 0 saturated carbocycles. The molecule has 0 saturated heterocycles. The molecule has 0 aromatic rings. The average Bonchev–Trinajstić information content (AvgIpc) is 3.15. The fourth-order valence-electron chi connectivity index (χ4n) is 7.25. The van der Waals surface area contributed by atoms with Gasteiger partial charge in [0, 0.05) is 6.42 Å². The van der Waals surface area contributed by atoms with Crippen LogP contribution in [0.2, 0.25) is 0 Å². The molecule has 314 valence electrons. The minimum Gasteiger partial charge on any atom is -0.462 e. The zero-order chi connectivity index (χ0) is 38.9. The van der Waals surface area contributed by atoms with Gasteiger partial charge in [-0.05, 0) is 51.4 Å². The van der Waals surface area contributed by atoms with Crippen LogP contribution in [0.4, 0.5) is 0 Å². The molecule has 1 amide bonds. The number of unbranched alkanes of at least 4 members (excludes halogenated alkanes) is 28. The highest BCUT2D eigenvalue weighted by molar-refractivity contribution is 5.77. The molecule has 0 fully saturated rings. The molecular formula is C47H91NO5. The molecule has 3 N–H and O–H groups in total. The van der Waals surface area contributed by atoms with E-state index in [1.165, 1.54) is 148 Å². The minimum atomic E-state index is -0.782. The molecule has 3 atom stereocenters. The van der Waals surface area contributed by atoms with E-state index >= 15 is 0 Å². The third-order valence-electron chi connectivity index (χ3n) is 10.8. The predicted molar refractivity (Wildman–Crippen MR) is 227 cm³/mol. The maximum absolute atomic E-state index is 13.1. The summed E-state index contributed by atoms with van der Waals surface area (Å²) in [6, 6.07) is -0.695. The van der Waals surface area contributed by atoms with Gasteiger partial charge in [-0.3, -0.25) is 9.59 Å². The zero-order valence-electron chi connectivity index (χ0n) is 35.7. The third-order valence-corrected chi connectivity index (χ3v) is 10.8. The molecule has 0 aromatic heterocycles. The van der Waals surface area contributed by atoms with Crippen molar-refractivity contribution in [1.82, 2.24) is 5.32 Å². The van der Waals surface area contributed by atoms with Gasteiger partial charge in [-0.2, -0.15) is 0 Å². The second-order valence-corrected chi connectivity index (χ2v) is 16.2. The molecule has 0 aliphatic heterocycles. The standard InChI is InChI=1S/C47H91NO5/c1-4-7-10-13-16-19-22-23-25-26-29-32-35-38-43(53-47(52)40-37-34-31-28-24-20-17-14-11-8-5-2)41-46(51)48-44(42-49)45(50)39-36-33-30-27-21-18-15-12-9-6-3/h19,22,43-45,49-50H,4-18,20-21,23-42H2,1-3H3,(H,48,51)/b22-19-. The largest absolute Gasteiger partial charge is 0.462 e. The second-order valence-electron chi connectivity index (χ2n) is 16.2. The Kier molecular flexibility index (Phi) is 40.7. The number of carbonyl (C=O) groups is 2. The molecule has 0 spiro atoms. The van der Waals surface area contributed by atoms with Crippen LogP contribution in [0.25, 0.3) is 0 Å². The van der Waals surface area contributed by atoms with Crippen molar-refractivity contribution in [2.75, 3.05) is 6.61 Å². The van der Waals surface area contributed by atoms with Crippen molar-refractivity contribution in [3.8, 4) is 0 Å². The summed E-state index contributed by atoms with van der Waals surface area (Å²) in [7, 11) is 0. The van der Waals surface area contributed by atoms with Crippen LogP contribution in [-0.4, -0.2) is 46.9 Å². The van der Waals surface area contributed by atoms with Crippen LogP contribution in [0.5, 0.6) is 0 Å². The highest BCUT2D eigenvalue weighted by atomic mass is 16.5. The Bertz CT molecular complexity index is 802. The van der Waals surface area contributed by atoms with E-state index < -0.39 is 18.2 Å². The topological polar surface area (TPSA) is 95.9 Å². The van der Waals surface area contributed by atoms with Crippen LogP contribution in [0.15, 0.2) is 12.2 Å². The van der Waals surface area contributed by atoms with Gasteiger partial charge in [0.1, 0.15) is 6.10 Å². The summed E-state index contributed by atoms with van der Waals surface area (Å²) in [5.74, 6) is -0.472. The number of nitrogens with one attached hydrogen (secondary N) is 1. The maximum atomic E-state index is 13.1. The Morgan fingerprint density at radius 3 is 1.36 bits per heavy atom. The quantitative estimate of drug-likeness (QED) is 0.0328. The maximum Gasteiger partial charge on any atom is 0.306 e. The van der Waals surface area contributed by atoms with Crippen LogP contribution in [0.3, 0.4) is 0 Å². The van der Waals surface area contributed by atoms with E-state index in [9.17, 15) is 19.8 Å². The minimum absolute atomic E-state index is 0.0779. The number of hydrogen-bond donors (Lipinski definition) is 3. The van der Waals surface area contributed by atoms with Crippen molar-refractivity contribution < 1.29 is 24.5 Å². The van der Waals surface area contributed by atoms with Gasteiger partial charge in [0.2, 0.25) is 5.91 Å². The van der Waals surface area contributed by atoms with E-state index in [1.54, 1.807) is 0 Å². The number of aliphatic hydroxyl groups is 2. The Hall–Kier alpha value is -1.40. The number of allylic oxidation sites excluding steroid dienone is 2. The van der Waals surface area contributed by atoms with Crippen molar-refractivity contribution >= 4 is 11.9 Å². The van der Waals surface area contributed by atoms with Gasteiger partial charge in [0.05, 0.1) is 25.2 Å². The molecule has 3 unspecified atom stereocenters. The number of rotatable bonds is 42. The van der Waals surface area contributed by atoms with Crippen LogP contribution < -0.4 is 5.32 Å². The lowest BCUT2D eigenvalue weighted by molar-refractivity contribution is -0.151. The monoisotopic (exact) mass is 750 g/mol. The van der Waals surface area contributed by atoms with Crippen LogP contribution in [0, 0.1) is 0 Å². The van der Waals surface area contributed by atoms with Crippen molar-refractivity contribution in [2.24, 2.45) is 0 Å². The van der Waals surface area contributed by atoms with E-state index in [4.69, 9.17) is 4.74 Å². The summed E-state index contributed by atoms with van der Waals surface area (Å²) in [5.41, 5.74) is 0. The highest BCUT2D eigenvalue weighted by Crippen LogP contribution is 2.18. The van der Waals surface area contributed by atoms with Crippen molar-refractivity contribution in [2.45, 2.75) is 270 Å². The number of ether oxygens (including phenoxy) is 1. The first kappa shape index (κ1) is 51.6. The van der Waals surface area contributed by atoms with E-state index in [1.807, 2.05) is 0 Å². The second kappa shape index (κ2) is 41.8. The zero-order valence-corrected chi connectivity index (χ0v) is 35.7. The summed E-state index contributed by atoms with van der Waals surface area (Å²) >= 11 is 0. The fourth-order valence-corrected chi connectivity index (χ4v) is 7.25. The smallest absolute Gasteiger partial charge is 0.306 e. The molecule has 0 bridgehead atoms. The van der Waals surface area contributed by atoms with Crippen LogP contribution >= 0.6 is 0 Å². The van der Waals surface area contributed by atoms with E-state index in [-0.39, 0.29) is 24.9 Å². The number of aliphatic hydroxyl groups excluding tert-OH is 2. The Balaban J connectivity index is 4.59. The summed E-state index contributed by atoms with van der Waals surface area (Å²) in [5, 5.41) is 23.6. The lowest BCUT2D eigenvalue weighted by Gasteiger charge is -2.24. The lowest BCUT2D eigenvalue weighted by Crippen LogP contribution is -2.46. The summed E-state index contributed by atoms with van der Waals surface area (Å²) < 4.78 is 5.90. The van der Waals surface area contributed by atoms with Crippen LogP contribution in [0.1, 0.15) is 252 Å². The average molecular weight is 750 g/mol. The molecule has 0 heterocycles. The normalized spacial score (nSPS) is 13.4. The van der Waals surface area contributed by atoms with Crippen molar-refractivity contribution in [3.63, 3.8) is 0 Å². The van der Waals surface area contributed by atoms with Gasteiger partial charge in [-0.15, -0.1) is 0 Å². The van der Waals surface area contributed by atoms with E-state index in [0.29, 0.717) is 19.3 Å². The predicted octanol–water partition coefficient (Wildman–Crippen LogP) is 13.4. The van der Waals surface area contributed by atoms with Gasteiger partial charge in [-0.1, -0.05) is 200 Å². The highest BCUT2D eigenvalue weighted by Gasteiger charge is 2.24. The molecule has 6 heteroatoms. The molecular weight excluding hydrogens is 659 g/mol. The van der Waals surface area contributed by atoms with Gasteiger partial charge in [-0.25, -0.2) is 0 Å². The lowest BCUT2D eigenvalue weighted by atomic mass is 10.0. The van der Waals surface area contributed by atoms with Crippen molar-refractivity contribution in [1.29, 1.82) is 0 Å². The van der Waals surface area contributed by atoms with Crippen LogP contribution in [-0.2, 0) is 14.3 Å². The van der Waals surface area contributed by atoms with Gasteiger partial charge in [0.25, 0.3) is 0 Å². The third kappa shape index (κ3) is 37.3. The van der Waals surface area contributed by atoms with E-state index in [0.717, 1.165) is 57.8 Å². The summed E-state index contributed by atoms with van der Waals surface area (Å²) in [4.78, 5) is 26.0. The molecule has 6 nitrogen and oxygen atoms in total. The first-order valence-electron chi connectivity index (χ1n) is 23.4. The van der Waals surface area contributed by atoms with Gasteiger partial charge >= 0.3 is 5.97 Å². The molecule has 0 aromatic carbocycles. The number of amides is 1. The molecule has 0 aliphatic carbocycles. The number of hydrogen-bond acceptors (Lipinski definition) is 5. The molecule has 0 radical (unpaired) electrons. The first-order valence-corrected chi connectivity index (χ1v) is 23.4. The molecule has 0 rings (SSSR count). The number of carbonyl (C=O) groups excluding carboxylic acids is 2. The molecule has 53 heavy (non-hydrogen) atoms.